The number of amides is 2. The van der Waals surface area contributed by atoms with Crippen LogP contribution in [0.25, 0.3) is 22.2 Å². The zero-order valence-corrected chi connectivity index (χ0v) is 23.7. The Morgan fingerprint density at radius 3 is 2.48 bits per heavy atom. The van der Waals surface area contributed by atoms with Crippen molar-refractivity contribution in [3.63, 3.8) is 0 Å². The standard InChI is InChI=1S/C30H38N6O4/c1-19(22-15-27(37)32-17-22)39-25-14-21(13-24-28(25)36(18-33-24)23-6-7-23)20-5-8-26(31-16-20)34-9-11-35(12-10-34)29(38)40-30(2,3)4/h5,8,13-14,16,18-19,22-23H,6-7,9-12,15,17H2,1-4H3,(H,32,37)/t19-,22?/m1/s1. The number of carbonyl (C=O) groups is 2. The Labute approximate surface area is 234 Å². The second kappa shape index (κ2) is 10.3. The molecule has 10 heteroatoms. The van der Waals surface area contributed by atoms with Crippen molar-refractivity contribution in [1.82, 2.24) is 24.8 Å². The molecule has 0 radical (unpaired) electrons. The van der Waals surface area contributed by atoms with Gasteiger partial charge < -0.3 is 29.2 Å². The highest BCUT2D eigenvalue weighted by Crippen LogP contribution is 2.41. The number of fused-ring (bicyclic) bond motifs is 1. The Balaban J connectivity index is 1.20. The fourth-order valence-electron chi connectivity index (χ4n) is 5.46. The normalized spacial score (nSPS) is 20.5. The number of aromatic nitrogens is 3. The lowest BCUT2D eigenvalue weighted by Gasteiger charge is -2.36. The SMILES string of the molecule is C[C@@H](Oc1cc(-c2ccc(N3CCN(C(=O)OC(C)(C)C)CC3)nc2)cc2ncn(C3CC3)c12)C1CNC(=O)C1. The molecule has 3 aliphatic rings. The number of hydrogen-bond acceptors (Lipinski definition) is 7. The Bertz CT molecular complexity index is 1400. The monoisotopic (exact) mass is 546 g/mol. The highest BCUT2D eigenvalue weighted by molar-refractivity contribution is 5.88. The van der Waals surface area contributed by atoms with Gasteiger partial charge in [-0.25, -0.2) is 14.8 Å². The van der Waals surface area contributed by atoms with E-state index in [0.29, 0.717) is 45.2 Å². The minimum atomic E-state index is -0.500. The number of carbonyl (C=O) groups excluding carboxylic acids is 2. The summed E-state index contributed by atoms with van der Waals surface area (Å²) in [7, 11) is 0. The van der Waals surface area contributed by atoms with Gasteiger partial charge in [-0.3, -0.25) is 4.79 Å². The quantitative estimate of drug-likeness (QED) is 0.489. The molecule has 1 saturated carbocycles. The topological polar surface area (TPSA) is 102 Å². The molecule has 1 unspecified atom stereocenters. The van der Waals surface area contributed by atoms with Crippen LogP contribution in [0.2, 0.25) is 0 Å². The zero-order valence-electron chi connectivity index (χ0n) is 23.7. The summed E-state index contributed by atoms with van der Waals surface area (Å²) in [6.45, 7) is 10.9. The summed E-state index contributed by atoms with van der Waals surface area (Å²) in [6.07, 6.45) is 6.23. The molecule has 6 rings (SSSR count). The molecule has 212 valence electrons. The van der Waals surface area contributed by atoms with Crippen LogP contribution in [0, 0.1) is 5.92 Å². The van der Waals surface area contributed by atoms with Crippen LogP contribution in [0.3, 0.4) is 0 Å². The van der Waals surface area contributed by atoms with E-state index in [1.165, 1.54) is 0 Å². The van der Waals surface area contributed by atoms with Crippen molar-refractivity contribution in [1.29, 1.82) is 0 Å². The van der Waals surface area contributed by atoms with Crippen LogP contribution in [0.4, 0.5) is 10.6 Å². The maximum Gasteiger partial charge on any atom is 0.410 e. The number of pyridine rings is 1. The number of hydrogen-bond donors (Lipinski definition) is 1. The van der Waals surface area contributed by atoms with E-state index in [0.717, 1.165) is 46.6 Å². The Kier molecular flexibility index (Phi) is 6.80. The predicted molar refractivity (Wildman–Crippen MR) is 152 cm³/mol. The third-order valence-corrected chi connectivity index (χ3v) is 7.90. The molecule has 2 amide bonds. The first kappa shape index (κ1) is 26.4. The second-order valence-electron chi connectivity index (χ2n) is 12.2. The number of anilines is 1. The van der Waals surface area contributed by atoms with Gasteiger partial charge in [0.2, 0.25) is 5.91 Å². The van der Waals surface area contributed by atoms with Gasteiger partial charge in [-0.15, -0.1) is 0 Å². The van der Waals surface area contributed by atoms with Gasteiger partial charge in [0.15, 0.2) is 0 Å². The fourth-order valence-corrected chi connectivity index (χ4v) is 5.46. The van der Waals surface area contributed by atoms with Gasteiger partial charge >= 0.3 is 6.09 Å². The molecule has 1 aliphatic carbocycles. The molecule has 2 atom stereocenters. The first-order chi connectivity index (χ1) is 19.1. The molecule has 1 N–H and O–H groups in total. The number of nitrogens with zero attached hydrogens (tertiary/aromatic N) is 5. The summed E-state index contributed by atoms with van der Waals surface area (Å²) in [5.74, 6) is 1.90. The van der Waals surface area contributed by atoms with Gasteiger partial charge in [-0.1, -0.05) is 0 Å². The number of imidazole rings is 1. The van der Waals surface area contributed by atoms with E-state index in [9.17, 15) is 9.59 Å². The van der Waals surface area contributed by atoms with Crippen LogP contribution in [0.5, 0.6) is 5.75 Å². The van der Waals surface area contributed by atoms with Crippen molar-refractivity contribution in [2.24, 2.45) is 5.92 Å². The maximum atomic E-state index is 12.4. The summed E-state index contributed by atoms with van der Waals surface area (Å²) < 4.78 is 14.3. The van der Waals surface area contributed by atoms with Crippen molar-refractivity contribution >= 4 is 28.9 Å². The first-order valence-electron chi connectivity index (χ1n) is 14.3. The van der Waals surface area contributed by atoms with Crippen molar-refractivity contribution in [3.8, 4) is 16.9 Å². The van der Waals surface area contributed by atoms with Gasteiger partial charge in [-0.2, -0.15) is 0 Å². The van der Waals surface area contributed by atoms with Gasteiger partial charge in [0, 0.05) is 62.9 Å². The molecular weight excluding hydrogens is 508 g/mol. The Morgan fingerprint density at radius 2 is 1.85 bits per heavy atom. The fraction of sp³-hybridized carbons (Fsp3) is 0.533. The third-order valence-electron chi connectivity index (χ3n) is 7.90. The highest BCUT2D eigenvalue weighted by atomic mass is 16.6. The van der Waals surface area contributed by atoms with E-state index in [-0.39, 0.29) is 24.0 Å². The molecule has 3 fully saturated rings. The van der Waals surface area contributed by atoms with Crippen LogP contribution in [0.1, 0.15) is 53.0 Å². The van der Waals surface area contributed by atoms with Crippen LogP contribution in [-0.4, -0.2) is 75.9 Å². The van der Waals surface area contributed by atoms with Crippen molar-refractivity contribution in [2.45, 2.75) is 64.7 Å². The minimum absolute atomic E-state index is 0.0831. The molecule has 2 aliphatic heterocycles. The number of benzene rings is 1. The average Bonchev–Trinajstić information content (AvgIpc) is 3.52. The van der Waals surface area contributed by atoms with E-state index < -0.39 is 5.60 Å². The minimum Gasteiger partial charge on any atom is -0.488 e. The summed E-state index contributed by atoms with van der Waals surface area (Å²) in [5, 5.41) is 2.92. The molecule has 40 heavy (non-hydrogen) atoms. The number of ether oxygens (including phenoxy) is 2. The Morgan fingerprint density at radius 1 is 1.07 bits per heavy atom. The highest BCUT2D eigenvalue weighted by Gasteiger charge is 2.31. The molecule has 3 aromatic rings. The lowest BCUT2D eigenvalue weighted by Crippen LogP contribution is -2.50. The van der Waals surface area contributed by atoms with Gasteiger partial charge in [0.1, 0.15) is 28.8 Å². The van der Waals surface area contributed by atoms with Crippen LogP contribution >= 0.6 is 0 Å². The lowest BCUT2D eigenvalue weighted by atomic mass is 10.0. The van der Waals surface area contributed by atoms with Crippen molar-refractivity contribution < 1.29 is 19.1 Å². The predicted octanol–water partition coefficient (Wildman–Crippen LogP) is 4.39. The second-order valence-corrected chi connectivity index (χ2v) is 12.2. The number of nitrogens with one attached hydrogen (secondary N) is 1. The summed E-state index contributed by atoms with van der Waals surface area (Å²) >= 11 is 0. The van der Waals surface area contributed by atoms with Crippen molar-refractivity contribution in [2.75, 3.05) is 37.6 Å². The summed E-state index contributed by atoms with van der Waals surface area (Å²) in [4.78, 5) is 37.7. The number of rotatable bonds is 6. The van der Waals surface area contributed by atoms with Crippen LogP contribution in [0.15, 0.2) is 36.8 Å². The molecule has 2 saturated heterocycles. The molecule has 0 bridgehead atoms. The lowest BCUT2D eigenvalue weighted by molar-refractivity contribution is -0.119. The molecule has 10 nitrogen and oxygen atoms in total. The number of piperazine rings is 1. The zero-order chi connectivity index (χ0) is 28.0. The van der Waals surface area contributed by atoms with Gasteiger partial charge in [0.05, 0.1) is 11.8 Å². The third kappa shape index (κ3) is 5.57. The van der Waals surface area contributed by atoms with E-state index >= 15 is 0 Å². The van der Waals surface area contributed by atoms with E-state index in [1.54, 1.807) is 4.90 Å². The van der Waals surface area contributed by atoms with E-state index in [2.05, 4.69) is 33.0 Å². The average molecular weight is 547 g/mol. The largest absolute Gasteiger partial charge is 0.488 e. The molecule has 2 aromatic heterocycles. The summed E-state index contributed by atoms with van der Waals surface area (Å²) in [5.41, 5.74) is 3.39. The van der Waals surface area contributed by atoms with Crippen LogP contribution < -0.4 is 15.0 Å². The van der Waals surface area contributed by atoms with Crippen molar-refractivity contribution in [3.05, 3.63) is 36.8 Å². The summed E-state index contributed by atoms with van der Waals surface area (Å²) in [6, 6.07) is 8.77. The van der Waals surface area contributed by atoms with Gasteiger partial charge in [0.25, 0.3) is 0 Å². The van der Waals surface area contributed by atoms with E-state index in [1.807, 2.05) is 46.3 Å². The molecule has 1 aromatic carbocycles. The maximum absolute atomic E-state index is 12.4. The Hall–Kier alpha value is -3.82. The molecule has 4 heterocycles. The van der Waals surface area contributed by atoms with Gasteiger partial charge in [-0.05, 0) is 70.4 Å². The first-order valence-corrected chi connectivity index (χ1v) is 14.3. The van der Waals surface area contributed by atoms with E-state index in [4.69, 9.17) is 19.4 Å². The smallest absolute Gasteiger partial charge is 0.410 e. The van der Waals surface area contributed by atoms with Crippen LogP contribution in [-0.2, 0) is 9.53 Å². The molecule has 0 spiro atoms. The molecular formula is C30H38N6O4.